The molecule has 3 heterocycles. The molecule has 0 aromatic carbocycles. The fourth-order valence-electron chi connectivity index (χ4n) is 6.49. The molecule has 12 nitrogen and oxygen atoms in total. The first-order valence-corrected chi connectivity index (χ1v) is 15.5. The van der Waals surface area contributed by atoms with Gasteiger partial charge in [0, 0.05) is 44.8 Å². The molecule has 0 saturated carbocycles. The molecule has 12 heteroatoms. The SMILES string of the molecule is C=C1C[C@](OC)([C@H](O)C(=O)N[C@@H]2OCO[C@H]3[C@@H]2O[C@H](C[C@H](O)CCCCCCCC(=O)O)C(C)(C)[C@@H]3OC)O[C@H](C)[C@@H]1C. The zero-order valence-electron chi connectivity index (χ0n) is 26.6. The van der Waals surface area contributed by atoms with Crippen LogP contribution in [0.2, 0.25) is 0 Å². The number of methoxy groups -OCH3 is 2. The summed E-state index contributed by atoms with van der Waals surface area (Å²) < 4.78 is 35.7. The van der Waals surface area contributed by atoms with Crippen molar-refractivity contribution in [2.45, 2.75) is 140 Å². The summed E-state index contributed by atoms with van der Waals surface area (Å²) in [6.07, 6.45) is -0.360. The molecule has 0 spiro atoms. The first kappa shape index (κ1) is 35.8. The number of amides is 1. The minimum Gasteiger partial charge on any atom is -0.481 e. The fourth-order valence-corrected chi connectivity index (χ4v) is 6.49. The summed E-state index contributed by atoms with van der Waals surface area (Å²) >= 11 is 0. The number of carboxylic acids is 1. The van der Waals surface area contributed by atoms with Crippen LogP contribution >= 0.6 is 0 Å². The zero-order valence-corrected chi connectivity index (χ0v) is 26.6. The number of nitrogens with one attached hydrogen (secondary N) is 1. The Bertz CT molecular complexity index is 945. The van der Waals surface area contributed by atoms with Crippen molar-refractivity contribution in [1.29, 1.82) is 0 Å². The van der Waals surface area contributed by atoms with Gasteiger partial charge in [-0.05, 0) is 19.8 Å². The normalized spacial score (nSPS) is 35.5. The molecule has 4 N–H and O–H groups in total. The van der Waals surface area contributed by atoms with Crippen molar-refractivity contribution in [3.05, 3.63) is 12.2 Å². The van der Waals surface area contributed by atoms with Gasteiger partial charge in [0.25, 0.3) is 5.91 Å². The lowest BCUT2D eigenvalue weighted by atomic mass is 9.72. The van der Waals surface area contributed by atoms with Crippen LogP contribution in [0.25, 0.3) is 0 Å². The maximum atomic E-state index is 13.4. The van der Waals surface area contributed by atoms with Crippen LogP contribution in [0.3, 0.4) is 0 Å². The number of unbranched alkanes of at least 4 members (excludes halogenated alkanes) is 4. The molecule has 3 saturated heterocycles. The van der Waals surface area contributed by atoms with Gasteiger partial charge in [-0.2, -0.15) is 0 Å². The molecular weight excluding hydrogens is 562 g/mol. The van der Waals surface area contributed by atoms with Crippen LogP contribution in [0.15, 0.2) is 12.2 Å². The van der Waals surface area contributed by atoms with Crippen LogP contribution in [-0.4, -0.2) is 103 Å². The average molecular weight is 616 g/mol. The molecule has 0 aromatic heterocycles. The molecule has 248 valence electrons. The number of aliphatic carboxylic acids is 1. The Morgan fingerprint density at radius 3 is 2.37 bits per heavy atom. The third kappa shape index (κ3) is 8.55. The molecule has 0 bridgehead atoms. The molecule has 3 aliphatic rings. The quantitative estimate of drug-likeness (QED) is 0.158. The van der Waals surface area contributed by atoms with Crippen molar-refractivity contribution in [2.75, 3.05) is 21.0 Å². The Labute approximate surface area is 255 Å². The molecule has 3 fully saturated rings. The standard InChI is InChI=1S/C31H53NO11/c1-18-16-31(39-7,43-20(3)19(18)2)26(36)28(37)32-29-25-24(40-17-41-29)27(38-6)30(4,5)22(42-25)15-21(33)13-11-9-8-10-12-14-23(34)35/h19-22,24-27,29,33,36H,1,8-17H2,2-7H3,(H,32,37)(H,34,35)/t19-,20-,21-,22-,24+,25+,26-,27-,29-,31-/m1/s1. The highest BCUT2D eigenvalue weighted by molar-refractivity contribution is 5.82. The van der Waals surface area contributed by atoms with Crippen molar-refractivity contribution in [1.82, 2.24) is 5.32 Å². The van der Waals surface area contributed by atoms with E-state index >= 15 is 0 Å². The largest absolute Gasteiger partial charge is 0.481 e. The molecule has 3 aliphatic heterocycles. The number of carboxylic acid groups (broad SMARTS) is 1. The third-order valence-corrected chi connectivity index (χ3v) is 9.48. The van der Waals surface area contributed by atoms with Crippen LogP contribution < -0.4 is 5.32 Å². The van der Waals surface area contributed by atoms with Crippen molar-refractivity contribution < 1.29 is 53.3 Å². The van der Waals surface area contributed by atoms with Crippen LogP contribution in [0.5, 0.6) is 0 Å². The summed E-state index contributed by atoms with van der Waals surface area (Å²) in [5.74, 6) is -3.07. The number of carbonyl (C=O) groups excluding carboxylic acids is 1. The van der Waals surface area contributed by atoms with Crippen molar-refractivity contribution in [2.24, 2.45) is 11.3 Å². The highest BCUT2D eigenvalue weighted by atomic mass is 16.7. The van der Waals surface area contributed by atoms with Gasteiger partial charge in [0.2, 0.25) is 5.79 Å². The van der Waals surface area contributed by atoms with Crippen molar-refractivity contribution in [3.8, 4) is 0 Å². The Morgan fingerprint density at radius 1 is 1.07 bits per heavy atom. The van der Waals surface area contributed by atoms with Crippen molar-refractivity contribution in [3.63, 3.8) is 0 Å². The Kier molecular flexibility index (Phi) is 13.0. The molecule has 0 unspecified atom stereocenters. The minimum atomic E-state index is -1.67. The van der Waals surface area contributed by atoms with Gasteiger partial charge < -0.3 is 49.1 Å². The molecule has 0 aliphatic carbocycles. The van der Waals surface area contributed by atoms with Gasteiger partial charge in [0.1, 0.15) is 19.0 Å². The van der Waals surface area contributed by atoms with Gasteiger partial charge in [0.15, 0.2) is 12.3 Å². The second-order valence-electron chi connectivity index (χ2n) is 12.9. The number of fused-ring (bicyclic) bond motifs is 1. The second kappa shape index (κ2) is 15.6. The molecule has 43 heavy (non-hydrogen) atoms. The van der Waals surface area contributed by atoms with Crippen LogP contribution in [0.1, 0.15) is 85.5 Å². The minimum absolute atomic E-state index is 0.0409. The van der Waals surface area contributed by atoms with E-state index in [0.717, 1.165) is 31.3 Å². The topological polar surface area (TPSA) is 162 Å². The Balaban J connectivity index is 1.64. The molecule has 1 amide bonds. The van der Waals surface area contributed by atoms with E-state index in [0.29, 0.717) is 19.3 Å². The lowest BCUT2D eigenvalue weighted by Crippen LogP contribution is -2.69. The van der Waals surface area contributed by atoms with E-state index in [1.807, 2.05) is 27.7 Å². The summed E-state index contributed by atoms with van der Waals surface area (Å²) in [5.41, 5.74) is 0.276. The monoisotopic (exact) mass is 615 g/mol. The summed E-state index contributed by atoms with van der Waals surface area (Å²) in [6.45, 7) is 11.8. The Morgan fingerprint density at radius 2 is 1.74 bits per heavy atom. The lowest BCUT2D eigenvalue weighted by molar-refractivity contribution is -0.332. The van der Waals surface area contributed by atoms with Crippen LogP contribution in [0, 0.1) is 11.3 Å². The van der Waals surface area contributed by atoms with E-state index in [1.165, 1.54) is 7.11 Å². The van der Waals surface area contributed by atoms with Crippen LogP contribution in [0.4, 0.5) is 0 Å². The van der Waals surface area contributed by atoms with Gasteiger partial charge >= 0.3 is 5.97 Å². The predicted octanol–water partition coefficient (Wildman–Crippen LogP) is 2.88. The number of hydrogen-bond acceptors (Lipinski definition) is 10. The number of rotatable bonds is 15. The van der Waals surface area contributed by atoms with Gasteiger partial charge in [-0.25, -0.2) is 0 Å². The van der Waals surface area contributed by atoms with Gasteiger partial charge in [-0.15, -0.1) is 0 Å². The van der Waals surface area contributed by atoms with E-state index < -0.39 is 65.9 Å². The van der Waals surface area contributed by atoms with E-state index in [2.05, 4.69) is 11.9 Å². The molecule has 0 aromatic rings. The van der Waals surface area contributed by atoms with Crippen LogP contribution in [-0.2, 0) is 38.0 Å². The first-order valence-electron chi connectivity index (χ1n) is 15.5. The zero-order chi connectivity index (χ0) is 31.9. The van der Waals surface area contributed by atoms with Crippen molar-refractivity contribution >= 4 is 11.9 Å². The highest BCUT2D eigenvalue weighted by Crippen LogP contribution is 2.44. The molecular formula is C31H53NO11. The molecule has 0 radical (unpaired) electrons. The number of ether oxygens (including phenoxy) is 6. The smallest absolute Gasteiger partial charge is 0.303 e. The molecule has 3 rings (SSSR count). The summed E-state index contributed by atoms with van der Waals surface area (Å²) in [5, 5.41) is 33.6. The number of aliphatic hydroxyl groups excluding tert-OH is 2. The summed E-state index contributed by atoms with van der Waals surface area (Å²) in [7, 11) is 2.99. The number of aliphatic hydroxyl groups is 2. The van der Waals surface area contributed by atoms with Gasteiger partial charge in [0.05, 0.1) is 24.4 Å². The lowest BCUT2D eigenvalue weighted by Gasteiger charge is -2.54. The Hall–Kier alpha value is -1.64. The van der Waals surface area contributed by atoms with E-state index in [-0.39, 0.29) is 31.7 Å². The van der Waals surface area contributed by atoms with E-state index in [9.17, 15) is 19.8 Å². The third-order valence-electron chi connectivity index (χ3n) is 9.48. The summed E-state index contributed by atoms with van der Waals surface area (Å²) in [4.78, 5) is 24.1. The van der Waals surface area contributed by atoms with Gasteiger partial charge in [-0.3, -0.25) is 9.59 Å². The van der Waals surface area contributed by atoms with Gasteiger partial charge in [-0.1, -0.05) is 58.6 Å². The number of carbonyl (C=O) groups is 2. The summed E-state index contributed by atoms with van der Waals surface area (Å²) in [6, 6.07) is 0. The van der Waals surface area contributed by atoms with E-state index in [1.54, 1.807) is 7.11 Å². The average Bonchev–Trinajstić information content (AvgIpc) is 2.95. The fraction of sp³-hybridized carbons (Fsp3) is 0.871. The predicted molar refractivity (Wildman–Crippen MR) is 156 cm³/mol. The molecule has 10 atom stereocenters. The maximum absolute atomic E-state index is 13.4. The number of hydrogen-bond donors (Lipinski definition) is 4. The maximum Gasteiger partial charge on any atom is 0.303 e. The van der Waals surface area contributed by atoms with E-state index in [4.69, 9.17) is 33.5 Å². The first-order chi connectivity index (χ1) is 20.3. The second-order valence-corrected chi connectivity index (χ2v) is 12.9. The highest BCUT2D eigenvalue weighted by Gasteiger charge is 2.57.